The number of amides is 1. The molecule has 0 atom stereocenters. The SMILES string of the molecule is COc1ccc(/C(C)=N\NC(=O)CN(c2ccccc2)S(=O)(=O)c2ccccc2)cc1OC. The highest BCUT2D eigenvalue weighted by atomic mass is 32.2. The van der Waals surface area contributed by atoms with Gasteiger partial charge < -0.3 is 9.47 Å². The molecule has 0 aromatic heterocycles. The van der Waals surface area contributed by atoms with Crippen LogP contribution in [0.3, 0.4) is 0 Å². The average molecular weight is 468 g/mol. The van der Waals surface area contributed by atoms with E-state index in [2.05, 4.69) is 10.5 Å². The van der Waals surface area contributed by atoms with Gasteiger partial charge in [0.05, 0.1) is 30.5 Å². The van der Waals surface area contributed by atoms with Crippen LogP contribution in [0.4, 0.5) is 5.69 Å². The lowest BCUT2D eigenvalue weighted by Gasteiger charge is -2.23. The van der Waals surface area contributed by atoms with E-state index in [1.807, 2.05) is 0 Å². The molecule has 0 radical (unpaired) electrons. The van der Waals surface area contributed by atoms with Crippen molar-refractivity contribution in [1.29, 1.82) is 0 Å². The molecule has 0 heterocycles. The van der Waals surface area contributed by atoms with Crippen LogP contribution in [0.1, 0.15) is 12.5 Å². The molecule has 33 heavy (non-hydrogen) atoms. The van der Waals surface area contributed by atoms with Gasteiger partial charge in [-0.2, -0.15) is 5.10 Å². The lowest BCUT2D eigenvalue weighted by atomic mass is 10.1. The number of nitrogens with one attached hydrogen (secondary N) is 1. The summed E-state index contributed by atoms with van der Waals surface area (Å²) in [6, 6.07) is 21.7. The third-order valence-corrected chi connectivity index (χ3v) is 6.60. The molecule has 1 N–H and O–H groups in total. The second-order valence-electron chi connectivity index (χ2n) is 6.96. The lowest BCUT2D eigenvalue weighted by Crippen LogP contribution is -2.39. The second-order valence-corrected chi connectivity index (χ2v) is 8.82. The maximum absolute atomic E-state index is 13.2. The fourth-order valence-corrected chi connectivity index (χ4v) is 4.51. The summed E-state index contributed by atoms with van der Waals surface area (Å²) >= 11 is 0. The predicted molar refractivity (Wildman–Crippen MR) is 127 cm³/mol. The van der Waals surface area contributed by atoms with Gasteiger partial charge in [-0.1, -0.05) is 36.4 Å². The number of benzene rings is 3. The van der Waals surface area contributed by atoms with Gasteiger partial charge >= 0.3 is 0 Å². The van der Waals surface area contributed by atoms with Crippen LogP contribution in [0, 0.1) is 0 Å². The fourth-order valence-electron chi connectivity index (χ4n) is 3.07. The van der Waals surface area contributed by atoms with Crippen LogP contribution in [-0.2, 0) is 14.8 Å². The quantitative estimate of drug-likeness (QED) is 0.384. The number of para-hydroxylation sites is 1. The molecule has 3 aromatic carbocycles. The number of hydrogen-bond acceptors (Lipinski definition) is 6. The minimum atomic E-state index is -3.96. The Morgan fingerprint density at radius 2 is 1.52 bits per heavy atom. The van der Waals surface area contributed by atoms with Crippen molar-refractivity contribution >= 4 is 27.3 Å². The van der Waals surface area contributed by atoms with E-state index in [0.29, 0.717) is 28.5 Å². The van der Waals surface area contributed by atoms with Gasteiger partial charge in [-0.25, -0.2) is 13.8 Å². The molecule has 8 nitrogen and oxygen atoms in total. The summed E-state index contributed by atoms with van der Waals surface area (Å²) in [5, 5.41) is 4.13. The molecule has 172 valence electrons. The molecular weight excluding hydrogens is 442 g/mol. The minimum Gasteiger partial charge on any atom is -0.493 e. The van der Waals surface area contributed by atoms with Gasteiger partial charge in [-0.3, -0.25) is 9.10 Å². The molecule has 0 fully saturated rings. The van der Waals surface area contributed by atoms with E-state index in [1.165, 1.54) is 19.2 Å². The van der Waals surface area contributed by atoms with E-state index in [-0.39, 0.29) is 4.90 Å². The highest BCUT2D eigenvalue weighted by Gasteiger charge is 2.26. The first-order valence-corrected chi connectivity index (χ1v) is 11.5. The number of ether oxygens (including phenoxy) is 2. The molecule has 0 unspecified atom stereocenters. The highest BCUT2D eigenvalue weighted by molar-refractivity contribution is 7.92. The van der Waals surface area contributed by atoms with Crippen molar-refractivity contribution in [3.63, 3.8) is 0 Å². The van der Waals surface area contributed by atoms with Gasteiger partial charge in [0.25, 0.3) is 15.9 Å². The van der Waals surface area contributed by atoms with Crippen LogP contribution in [0.15, 0.2) is 88.9 Å². The maximum atomic E-state index is 13.2. The second kappa shape index (κ2) is 10.6. The average Bonchev–Trinajstić information content (AvgIpc) is 2.86. The molecule has 9 heteroatoms. The summed E-state index contributed by atoms with van der Waals surface area (Å²) in [6.07, 6.45) is 0. The third kappa shape index (κ3) is 5.69. The Morgan fingerprint density at radius 1 is 0.909 bits per heavy atom. The number of nitrogens with zero attached hydrogens (tertiary/aromatic N) is 2. The van der Waals surface area contributed by atoms with Crippen molar-refractivity contribution in [2.45, 2.75) is 11.8 Å². The molecule has 1 amide bonds. The monoisotopic (exact) mass is 467 g/mol. The topological polar surface area (TPSA) is 97.3 Å². The number of sulfonamides is 1. The third-order valence-electron chi connectivity index (χ3n) is 4.81. The minimum absolute atomic E-state index is 0.0895. The molecule has 0 aliphatic carbocycles. The molecule has 0 bridgehead atoms. The van der Waals surface area contributed by atoms with Gasteiger partial charge in [0, 0.05) is 5.56 Å². The first-order chi connectivity index (χ1) is 15.9. The van der Waals surface area contributed by atoms with Crippen molar-refractivity contribution in [1.82, 2.24) is 5.43 Å². The molecule has 0 aliphatic rings. The highest BCUT2D eigenvalue weighted by Crippen LogP contribution is 2.28. The van der Waals surface area contributed by atoms with Crippen molar-refractivity contribution in [3.05, 3.63) is 84.4 Å². The molecule has 0 saturated carbocycles. The van der Waals surface area contributed by atoms with E-state index in [0.717, 1.165) is 4.31 Å². The van der Waals surface area contributed by atoms with Crippen molar-refractivity contribution < 1.29 is 22.7 Å². The summed E-state index contributed by atoms with van der Waals surface area (Å²) < 4.78 is 38.1. The summed E-state index contributed by atoms with van der Waals surface area (Å²) in [6.45, 7) is 1.28. The zero-order valence-electron chi connectivity index (χ0n) is 18.6. The Morgan fingerprint density at radius 3 is 2.12 bits per heavy atom. The normalized spacial score (nSPS) is 11.5. The number of hydrazone groups is 1. The van der Waals surface area contributed by atoms with E-state index in [9.17, 15) is 13.2 Å². The van der Waals surface area contributed by atoms with Crippen molar-refractivity contribution in [2.24, 2.45) is 5.10 Å². The standard InChI is InChI=1S/C24H25N3O5S/c1-18(19-14-15-22(31-2)23(16-19)32-3)25-26-24(28)17-27(20-10-6-4-7-11-20)33(29,30)21-12-8-5-9-13-21/h4-16H,17H2,1-3H3,(H,26,28)/b25-18-. The number of carbonyl (C=O) groups is 1. The summed E-state index contributed by atoms with van der Waals surface area (Å²) in [4.78, 5) is 12.8. The molecule has 3 aromatic rings. The van der Waals surface area contributed by atoms with Crippen molar-refractivity contribution in [3.8, 4) is 11.5 Å². The molecular formula is C24H25N3O5S. The number of carbonyl (C=O) groups excluding carboxylic acids is 1. The zero-order valence-corrected chi connectivity index (χ0v) is 19.4. The number of methoxy groups -OCH3 is 2. The molecule has 0 saturated heterocycles. The Labute approximate surface area is 193 Å². The zero-order chi connectivity index (χ0) is 23.8. The Bertz CT molecular complexity index is 1230. The molecule has 0 aliphatic heterocycles. The fraction of sp³-hybridized carbons (Fsp3) is 0.167. The van der Waals surface area contributed by atoms with Gasteiger partial charge in [-0.15, -0.1) is 0 Å². The van der Waals surface area contributed by atoms with E-state index >= 15 is 0 Å². The van der Waals surface area contributed by atoms with E-state index < -0.39 is 22.5 Å². The maximum Gasteiger partial charge on any atom is 0.264 e. The number of hydrogen-bond donors (Lipinski definition) is 1. The van der Waals surface area contributed by atoms with Gasteiger partial charge in [-0.05, 0) is 49.4 Å². The lowest BCUT2D eigenvalue weighted by molar-refractivity contribution is -0.119. The molecule has 3 rings (SSSR count). The summed E-state index contributed by atoms with van der Waals surface area (Å²) in [5.74, 6) is 0.515. The van der Waals surface area contributed by atoms with Crippen LogP contribution in [-0.4, -0.2) is 40.8 Å². The smallest absolute Gasteiger partial charge is 0.264 e. The van der Waals surface area contributed by atoms with Crippen LogP contribution in [0.5, 0.6) is 11.5 Å². The van der Waals surface area contributed by atoms with Crippen LogP contribution in [0.25, 0.3) is 0 Å². The van der Waals surface area contributed by atoms with Gasteiger partial charge in [0.1, 0.15) is 6.54 Å². The number of rotatable bonds is 9. The predicted octanol–water partition coefficient (Wildman–Crippen LogP) is 3.44. The first-order valence-electron chi connectivity index (χ1n) is 10.0. The Balaban J connectivity index is 1.82. The molecule has 0 spiro atoms. The van der Waals surface area contributed by atoms with Crippen LogP contribution >= 0.6 is 0 Å². The van der Waals surface area contributed by atoms with Crippen LogP contribution < -0.4 is 19.2 Å². The largest absolute Gasteiger partial charge is 0.493 e. The first kappa shape index (κ1) is 23.8. The Hall–Kier alpha value is -3.85. The van der Waals surface area contributed by atoms with Gasteiger partial charge in [0.2, 0.25) is 0 Å². The van der Waals surface area contributed by atoms with E-state index in [4.69, 9.17) is 9.47 Å². The van der Waals surface area contributed by atoms with E-state index in [1.54, 1.807) is 80.8 Å². The van der Waals surface area contributed by atoms with Gasteiger partial charge in [0.15, 0.2) is 11.5 Å². The van der Waals surface area contributed by atoms with Crippen molar-refractivity contribution in [2.75, 3.05) is 25.1 Å². The summed E-state index contributed by atoms with van der Waals surface area (Å²) in [7, 11) is -0.892. The summed E-state index contributed by atoms with van der Waals surface area (Å²) in [5.41, 5.74) is 4.04. The van der Waals surface area contributed by atoms with Crippen LogP contribution in [0.2, 0.25) is 0 Å². The Kier molecular flexibility index (Phi) is 7.68. The number of anilines is 1.